The van der Waals surface area contributed by atoms with E-state index in [9.17, 15) is 4.79 Å². The normalized spacial score (nSPS) is 22.5. The quantitative estimate of drug-likeness (QED) is 0.867. The Hall–Kier alpha value is -1.82. The van der Waals surface area contributed by atoms with Crippen LogP contribution in [0.5, 0.6) is 0 Å². The number of hydrogen-bond acceptors (Lipinski definition) is 2. The summed E-state index contributed by atoms with van der Waals surface area (Å²) in [6.07, 6.45) is 2.83. The van der Waals surface area contributed by atoms with E-state index in [1.165, 1.54) is 0 Å². The summed E-state index contributed by atoms with van der Waals surface area (Å²) < 4.78 is 0. The summed E-state index contributed by atoms with van der Waals surface area (Å²) >= 11 is 0. The van der Waals surface area contributed by atoms with E-state index in [0.717, 1.165) is 30.4 Å². The number of nitrogens with zero attached hydrogens (tertiary/aromatic N) is 1. The predicted octanol–water partition coefficient (Wildman–Crippen LogP) is 2.73. The number of rotatable bonds is 2. The summed E-state index contributed by atoms with van der Waals surface area (Å²) in [6, 6.07) is 8.12. The van der Waals surface area contributed by atoms with E-state index in [0.29, 0.717) is 5.56 Å². The second-order valence-corrected chi connectivity index (χ2v) is 5.12. The van der Waals surface area contributed by atoms with Gasteiger partial charge in [0.05, 0.1) is 12.0 Å². The highest BCUT2D eigenvalue weighted by Crippen LogP contribution is 2.25. The van der Waals surface area contributed by atoms with Crippen molar-refractivity contribution >= 4 is 5.91 Å². The number of benzene rings is 1. The topological polar surface area (TPSA) is 52.9 Å². The Kier molecular flexibility index (Phi) is 3.66. The SMILES string of the molecule is Cc1cc(C)cc(C(=O)NC2CCCC2C#N)c1. The summed E-state index contributed by atoms with van der Waals surface area (Å²) in [5.41, 5.74) is 2.86. The summed E-state index contributed by atoms with van der Waals surface area (Å²) in [5, 5.41) is 12.0. The van der Waals surface area contributed by atoms with Gasteiger partial charge in [0.15, 0.2) is 0 Å². The molecule has 0 heterocycles. The molecule has 3 heteroatoms. The van der Waals surface area contributed by atoms with Gasteiger partial charge in [0.25, 0.3) is 5.91 Å². The first-order chi connectivity index (χ1) is 8.60. The Bertz CT molecular complexity index is 481. The third kappa shape index (κ3) is 2.70. The van der Waals surface area contributed by atoms with Crippen LogP contribution in [0.2, 0.25) is 0 Å². The maximum Gasteiger partial charge on any atom is 0.251 e. The zero-order chi connectivity index (χ0) is 13.1. The van der Waals surface area contributed by atoms with Crippen LogP contribution in [0.15, 0.2) is 18.2 Å². The van der Waals surface area contributed by atoms with Gasteiger partial charge in [-0.3, -0.25) is 4.79 Å². The molecule has 18 heavy (non-hydrogen) atoms. The lowest BCUT2D eigenvalue weighted by Gasteiger charge is -2.16. The third-order valence-corrected chi connectivity index (χ3v) is 3.48. The van der Waals surface area contributed by atoms with E-state index in [1.807, 2.05) is 32.0 Å². The molecule has 1 aliphatic carbocycles. The molecule has 1 aliphatic rings. The van der Waals surface area contributed by atoms with Crippen LogP contribution < -0.4 is 5.32 Å². The Balaban J connectivity index is 2.10. The number of nitriles is 1. The first-order valence-electron chi connectivity index (χ1n) is 6.39. The lowest BCUT2D eigenvalue weighted by atomic mass is 10.0. The minimum absolute atomic E-state index is 0.0170. The number of hydrogen-bond donors (Lipinski definition) is 1. The second-order valence-electron chi connectivity index (χ2n) is 5.12. The molecule has 1 aromatic carbocycles. The van der Waals surface area contributed by atoms with E-state index in [1.54, 1.807) is 0 Å². The number of aryl methyl sites for hydroxylation is 2. The highest BCUT2D eigenvalue weighted by atomic mass is 16.1. The maximum atomic E-state index is 12.1. The first kappa shape index (κ1) is 12.6. The summed E-state index contributed by atoms with van der Waals surface area (Å²) in [7, 11) is 0. The summed E-state index contributed by atoms with van der Waals surface area (Å²) in [5.74, 6) is -0.0891. The third-order valence-electron chi connectivity index (χ3n) is 3.48. The largest absolute Gasteiger partial charge is 0.348 e. The maximum absolute atomic E-state index is 12.1. The van der Waals surface area contributed by atoms with E-state index < -0.39 is 0 Å². The van der Waals surface area contributed by atoms with Gasteiger partial charge in [-0.1, -0.05) is 17.2 Å². The Morgan fingerprint density at radius 3 is 2.56 bits per heavy atom. The fourth-order valence-electron chi connectivity index (χ4n) is 2.64. The standard InChI is InChI=1S/C15H18N2O/c1-10-6-11(2)8-13(7-10)15(18)17-14-5-3-4-12(14)9-16/h6-8,12,14H,3-5H2,1-2H3,(H,17,18). The predicted molar refractivity (Wildman–Crippen MR) is 70.1 cm³/mol. The Labute approximate surface area is 108 Å². The first-order valence-corrected chi connectivity index (χ1v) is 6.39. The van der Waals surface area contributed by atoms with Crippen molar-refractivity contribution in [1.29, 1.82) is 5.26 Å². The number of amides is 1. The van der Waals surface area contributed by atoms with Crippen LogP contribution in [0.4, 0.5) is 0 Å². The average Bonchev–Trinajstić information content (AvgIpc) is 2.75. The van der Waals surface area contributed by atoms with Gasteiger partial charge in [0.2, 0.25) is 0 Å². The van der Waals surface area contributed by atoms with Crippen LogP contribution in [0, 0.1) is 31.1 Å². The highest BCUT2D eigenvalue weighted by Gasteiger charge is 2.28. The fourth-order valence-corrected chi connectivity index (χ4v) is 2.64. The van der Waals surface area contributed by atoms with Crippen LogP contribution in [0.25, 0.3) is 0 Å². The van der Waals surface area contributed by atoms with Crippen LogP contribution in [0.1, 0.15) is 40.7 Å². The smallest absolute Gasteiger partial charge is 0.251 e. The van der Waals surface area contributed by atoms with E-state index in [-0.39, 0.29) is 17.9 Å². The van der Waals surface area contributed by atoms with Crippen molar-refractivity contribution in [2.45, 2.75) is 39.2 Å². The van der Waals surface area contributed by atoms with E-state index in [2.05, 4.69) is 11.4 Å². The molecular weight excluding hydrogens is 224 g/mol. The molecule has 0 radical (unpaired) electrons. The van der Waals surface area contributed by atoms with Crippen molar-refractivity contribution in [3.8, 4) is 6.07 Å². The molecule has 0 aliphatic heterocycles. The van der Waals surface area contributed by atoms with Crippen molar-refractivity contribution in [3.05, 3.63) is 34.9 Å². The molecule has 0 bridgehead atoms. The summed E-state index contributed by atoms with van der Waals surface area (Å²) in [4.78, 5) is 12.1. The zero-order valence-electron chi connectivity index (χ0n) is 10.9. The van der Waals surface area contributed by atoms with Crippen molar-refractivity contribution in [2.75, 3.05) is 0 Å². The molecular formula is C15H18N2O. The molecule has 3 nitrogen and oxygen atoms in total. The lowest BCUT2D eigenvalue weighted by molar-refractivity contribution is 0.0932. The lowest BCUT2D eigenvalue weighted by Crippen LogP contribution is -2.36. The van der Waals surface area contributed by atoms with Gasteiger partial charge in [-0.05, 0) is 45.2 Å². The van der Waals surface area contributed by atoms with Gasteiger partial charge in [0, 0.05) is 11.6 Å². The van der Waals surface area contributed by atoms with Crippen molar-refractivity contribution < 1.29 is 4.79 Å². The number of carbonyl (C=O) groups is 1. The molecule has 1 N–H and O–H groups in total. The van der Waals surface area contributed by atoms with Crippen LogP contribution in [-0.4, -0.2) is 11.9 Å². The van der Waals surface area contributed by atoms with Gasteiger partial charge in [0.1, 0.15) is 0 Å². The van der Waals surface area contributed by atoms with Crippen LogP contribution in [0.3, 0.4) is 0 Å². The highest BCUT2D eigenvalue weighted by molar-refractivity contribution is 5.94. The van der Waals surface area contributed by atoms with E-state index >= 15 is 0 Å². The van der Waals surface area contributed by atoms with Gasteiger partial charge < -0.3 is 5.32 Å². The molecule has 2 atom stereocenters. The van der Waals surface area contributed by atoms with Crippen molar-refractivity contribution in [1.82, 2.24) is 5.32 Å². The Morgan fingerprint density at radius 1 is 1.28 bits per heavy atom. The number of nitrogens with one attached hydrogen (secondary N) is 1. The molecule has 1 aromatic rings. The molecule has 0 aromatic heterocycles. The molecule has 2 rings (SSSR count). The molecule has 0 saturated heterocycles. The average molecular weight is 242 g/mol. The molecule has 0 spiro atoms. The van der Waals surface area contributed by atoms with Gasteiger partial charge in [-0.15, -0.1) is 0 Å². The molecule has 94 valence electrons. The molecule has 1 fully saturated rings. The second kappa shape index (κ2) is 5.22. The summed E-state index contributed by atoms with van der Waals surface area (Å²) in [6.45, 7) is 3.97. The fraction of sp³-hybridized carbons (Fsp3) is 0.467. The minimum Gasteiger partial charge on any atom is -0.348 e. The van der Waals surface area contributed by atoms with Crippen LogP contribution in [-0.2, 0) is 0 Å². The Morgan fingerprint density at radius 2 is 1.94 bits per heavy atom. The number of carbonyl (C=O) groups excluding carboxylic acids is 1. The van der Waals surface area contributed by atoms with E-state index in [4.69, 9.17) is 5.26 Å². The minimum atomic E-state index is -0.0612. The molecule has 2 unspecified atom stereocenters. The molecule has 1 amide bonds. The van der Waals surface area contributed by atoms with Crippen LogP contribution >= 0.6 is 0 Å². The molecule has 1 saturated carbocycles. The monoisotopic (exact) mass is 242 g/mol. The van der Waals surface area contributed by atoms with Crippen molar-refractivity contribution in [2.24, 2.45) is 5.92 Å². The van der Waals surface area contributed by atoms with Gasteiger partial charge in [-0.2, -0.15) is 5.26 Å². The zero-order valence-corrected chi connectivity index (χ0v) is 10.9. The van der Waals surface area contributed by atoms with Gasteiger partial charge in [-0.25, -0.2) is 0 Å². The van der Waals surface area contributed by atoms with Crippen molar-refractivity contribution in [3.63, 3.8) is 0 Å². The van der Waals surface area contributed by atoms with Gasteiger partial charge >= 0.3 is 0 Å².